The van der Waals surface area contributed by atoms with Crippen LogP contribution in [0.15, 0.2) is 48.5 Å². The zero-order chi connectivity index (χ0) is 15.0. The third-order valence-electron chi connectivity index (χ3n) is 4.66. The van der Waals surface area contributed by atoms with Gasteiger partial charge >= 0.3 is 0 Å². The van der Waals surface area contributed by atoms with Crippen molar-refractivity contribution in [3.63, 3.8) is 0 Å². The van der Waals surface area contributed by atoms with Crippen molar-refractivity contribution in [2.24, 2.45) is 11.8 Å². The fourth-order valence-electron chi connectivity index (χ4n) is 3.80. The van der Waals surface area contributed by atoms with E-state index in [9.17, 15) is 10.5 Å². The molecule has 2 aromatic rings. The number of benzene rings is 2. The van der Waals surface area contributed by atoms with E-state index in [2.05, 4.69) is 50.3 Å². The van der Waals surface area contributed by atoms with Gasteiger partial charge in [-0.05, 0) is 28.2 Å². The summed E-state index contributed by atoms with van der Waals surface area (Å²) >= 11 is 0. The molecule has 0 N–H and O–H groups in total. The number of nitriles is 2. The molecule has 0 amide bonds. The van der Waals surface area contributed by atoms with Gasteiger partial charge in [0.1, 0.15) is 5.92 Å². The Bertz CT molecular complexity index is 715. The van der Waals surface area contributed by atoms with Gasteiger partial charge in [0.2, 0.25) is 0 Å². The van der Waals surface area contributed by atoms with E-state index in [4.69, 9.17) is 0 Å². The van der Waals surface area contributed by atoms with Crippen LogP contribution in [0.25, 0.3) is 11.1 Å². The summed E-state index contributed by atoms with van der Waals surface area (Å²) in [6.45, 7) is 4.20. The molecule has 0 heterocycles. The molecule has 0 saturated heterocycles. The fourth-order valence-corrected chi connectivity index (χ4v) is 3.80. The van der Waals surface area contributed by atoms with Gasteiger partial charge in [0.25, 0.3) is 0 Å². The lowest BCUT2D eigenvalue weighted by Crippen LogP contribution is -2.38. The van der Waals surface area contributed by atoms with Gasteiger partial charge < -0.3 is 0 Å². The van der Waals surface area contributed by atoms with Crippen molar-refractivity contribution < 1.29 is 0 Å². The Balaban J connectivity index is 2.46. The SMILES string of the molecule is CC(C)C1(C(C#N)C#N)c2ccccc2-c2ccccc21. The second kappa shape index (κ2) is 4.76. The van der Waals surface area contributed by atoms with Crippen molar-refractivity contribution in [3.8, 4) is 23.3 Å². The van der Waals surface area contributed by atoms with Crippen molar-refractivity contribution in [2.45, 2.75) is 19.3 Å². The van der Waals surface area contributed by atoms with E-state index >= 15 is 0 Å². The Kier molecular flexibility index (Phi) is 3.04. The largest absolute Gasteiger partial charge is 0.197 e. The maximum Gasteiger partial charge on any atom is 0.147 e. The first-order valence-corrected chi connectivity index (χ1v) is 7.16. The molecule has 2 heteroatoms. The molecule has 0 aromatic heterocycles. The van der Waals surface area contributed by atoms with Gasteiger partial charge in [-0.1, -0.05) is 62.4 Å². The normalized spacial score (nSPS) is 14.4. The lowest BCUT2D eigenvalue weighted by Gasteiger charge is -2.37. The van der Waals surface area contributed by atoms with Gasteiger partial charge in [-0.3, -0.25) is 0 Å². The highest BCUT2D eigenvalue weighted by Gasteiger charge is 2.51. The van der Waals surface area contributed by atoms with E-state index < -0.39 is 11.3 Å². The zero-order valence-electron chi connectivity index (χ0n) is 12.2. The molecule has 3 rings (SSSR count). The van der Waals surface area contributed by atoms with Gasteiger partial charge in [-0.2, -0.15) is 10.5 Å². The van der Waals surface area contributed by atoms with Gasteiger partial charge in [-0.15, -0.1) is 0 Å². The number of fused-ring (bicyclic) bond motifs is 3. The molecule has 0 bridgehead atoms. The van der Waals surface area contributed by atoms with E-state index in [1.807, 2.05) is 24.3 Å². The van der Waals surface area contributed by atoms with E-state index in [0.717, 1.165) is 22.3 Å². The fraction of sp³-hybridized carbons (Fsp3) is 0.263. The van der Waals surface area contributed by atoms with Crippen LogP contribution < -0.4 is 0 Å². The lowest BCUT2D eigenvalue weighted by molar-refractivity contribution is 0.337. The molecule has 21 heavy (non-hydrogen) atoms. The zero-order valence-corrected chi connectivity index (χ0v) is 12.2. The Labute approximate surface area is 125 Å². The first-order valence-electron chi connectivity index (χ1n) is 7.16. The number of nitrogens with zero attached hydrogens (tertiary/aromatic N) is 2. The Hall–Kier alpha value is -2.58. The van der Waals surface area contributed by atoms with Crippen molar-refractivity contribution in [1.82, 2.24) is 0 Å². The van der Waals surface area contributed by atoms with Crippen LogP contribution in [0.2, 0.25) is 0 Å². The van der Waals surface area contributed by atoms with Crippen LogP contribution in [-0.4, -0.2) is 0 Å². The lowest BCUT2D eigenvalue weighted by atomic mass is 9.62. The first kappa shape index (κ1) is 13.4. The Morgan fingerprint density at radius 1 is 0.810 bits per heavy atom. The molecule has 0 fully saturated rings. The third kappa shape index (κ3) is 1.57. The van der Waals surface area contributed by atoms with E-state index in [1.54, 1.807) is 0 Å². The average Bonchev–Trinajstić information content (AvgIpc) is 2.81. The van der Waals surface area contributed by atoms with Crippen molar-refractivity contribution in [1.29, 1.82) is 10.5 Å². The molecule has 1 aliphatic rings. The molecule has 2 nitrogen and oxygen atoms in total. The highest BCUT2D eigenvalue weighted by atomic mass is 14.5. The summed E-state index contributed by atoms with van der Waals surface area (Å²) in [5.41, 5.74) is 3.97. The minimum absolute atomic E-state index is 0.159. The summed E-state index contributed by atoms with van der Waals surface area (Å²) in [7, 11) is 0. The smallest absolute Gasteiger partial charge is 0.147 e. The summed E-state index contributed by atoms with van der Waals surface area (Å²) in [6, 6.07) is 20.8. The van der Waals surface area contributed by atoms with Crippen molar-refractivity contribution in [2.75, 3.05) is 0 Å². The molecule has 0 spiro atoms. The number of hydrogen-bond acceptors (Lipinski definition) is 2. The van der Waals surface area contributed by atoms with E-state index in [-0.39, 0.29) is 5.92 Å². The van der Waals surface area contributed by atoms with Crippen LogP contribution in [0, 0.1) is 34.5 Å². The van der Waals surface area contributed by atoms with Crippen LogP contribution in [0.5, 0.6) is 0 Å². The molecule has 1 aliphatic carbocycles. The highest BCUT2D eigenvalue weighted by molar-refractivity contribution is 5.82. The monoisotopic (exact) mass is 272 g/mol. The van der Waals surface area contributed by atoms with Gasteiger partial charge in [0, 0.05) is 0 Å². The maximum atomic E-state index is 9.58. The number of rotatable bonds is 2. The van der Waals surface area contributed by atoms with Crippen LogP contribution in [0.3, 0.4) is 0 Å². The molecule has 0 atom stereocenters. The summed E-state index contributed by atoms with van der Waals surface area (Å²) in [5.74, 6) is -0.533. The third-order valence-corrected chi connectivity index (χ3v) is 4.66. The molecule has 0 unspecified atom stereocenters. The quantitative estimate of drug-likeness (QED) is 0.819. The summed E-state index contributed by atoms with van der Waals surface area (Å²) < 4.78 is 0. The van der Waals surface area contributed by atoms with Crippen LogP contribution in [-0.2, 0) is 5.41 Å². The summed E-state index contributed by atoms with van der Waals surface area (Å²) in [4.78, 5) is 0. The second-order valence-corrected chi connectivity index (χ2v) is 5.81. The summed E-state index contributed by atoms with van der Waals surface area (Å²) in [6.07, 6.45) is 0. The topological polar surface area (TPSA) is 47.6 Å². The summed E-state index contributed by atoms with van der Waals surface area (Å²) in [5, 5.41) is 19.2. The van der Waals surface area contributed by atoms with Crippen LogP contribution >= 0.6 is 0 Å². The van der Waals surface area contributed by atoms with Gasteiger partial charge in [-0.25, -0.2) is 0 Å². The number of hydrogen-bond donors (Lipinski definition) is 0. The first-order chi connectivity index (χ1) is 10.2. The molecular weight excluding hydrogens is 256 g/mol. The highest BCUT2D eigenvalue weighted by Crippen LogP contribution is 2.56. The van der Waals surface area contributed by atoms with Gasteiger partial charge in [0.15, 0.2) is 0 Å². The Morgan fingerprint density at radius 3 is 1.62 bits per heavy atom. The van der Waals surface area contributed by atoms with Crippen molar-refractivity contribution in [3.05, 3.63) is 59.7 Å². The Morgan fingerprint density at radius 2 is 1.24 bits per heavy atom. The molecular formula is C19H16N2. The molecule has 0 saturated carbocycles. The van der Waals surface area contributed by atoms with Crippen molar-refractivity contribution >= 4 is 0 Å². The van der Waals surface area contributed by atoms with Gasteiger partial charge in [0.05, 0.1) is 17.6 Å². The second-order valence-electron chi connectivity index (χ2n) is 5.81. The average molecular weight is 272 g/mol. The maximum absolute atomic E-state index is 9.58. The molecule has 0 radical (unpaired) electrons. The predicted molar refractivity (Wildman–Crippen MR) is 82.2 cm³/mol. The minimum atomic E-state index is -0.692. The molecule has 102 valence electrons. The molecule has 2 aromatic carbocycles. The standard InChI is InChI=1S/C19H16N2/c1-13(2)19(14(11-20)12-21)17-9-5-3-7-15(17)16-8-4-6-10-18(16)19/h3-10,13-14H,1-2H3. The van der Waals surface area contributed by atoms with Crippen LogP contribution in [0.1, 0.15) is 25.0 Å². The predicted octanol–water partition coefficient (Wildman–Crippen LogP) is 4.27. The van der Waals surface area contributed by atoms with Crippen LogP contribution in [0.4, 0.5) is 0 Å². The minimum Gasteiger partial charge on any atom is -0.197 e. The van der Waals surface area contributed by atoms with E-state index in [1.165, 1.54) is 0 Å². The molecule has 0 aliphatic heterocycles. The van der Waals surface area contributed by atoms with E-state index in [0.29, 0.717) is 0 Å².